The fourth-order valence-corrected chi connectivity index (χ4v) is 3.24. The number of hydrogen-bond acceptors (Lipinski definition) is 3. The van der Waals surface area contributed by atoms with Gasteiger partial charge in [0.15, 0.2) is 0 Å². The minimum Gasteiger partial charge on any atom is -0.494 e. The number of likely N-dealkylation sites (tertiary alicyclic amines) is 1. The molecule has 0 amide bonds. The van der Waals surface area contributed by atoms with E-state index in [2.05, 4.69) is 43.9 Å². The van der Waals surface area contributed by atoms with Crippen molar-refractivity contribution in [1.29, 1.82) is 0 Å². The van der Waals surface area contributed by atoms with Crippen molar-refractivity contribution in [2.24, 2.45) is 5.73 Å². The molecule has 118 valence electrons. The highest BCUT2D eigenvalue weighted by Gasteiger charge is 2.30. The lowest BCUT2D eigenvalue weighted by Crippen LogP contribution is -2.43. The van der Waals surface area contributed by atoms with E-state index in [1.807, 2.05) is 6.07 Å². The van der Waals surface area contributed by atoms with Crippen LogP contribution < -0.4 is 10.5 Å². The second-order valence-corrected chi connectivity index (χ2v) is 6.36. The first-order chi connectivity index (χ1) is 10.1. The van der Waals surface area contributed by atoms with Crippen molar-refractivity contribution in [2.45, 2.75) is 64.6 Å². The lowest BCUT2D eigenvalue weighted by atomic mass is 9.95. The fraction of sp³-hybridized carbons (Fsp3) is 0.667. The largest absolute Gasteiger partial charge is 0.494 e. The summed E-state index contributed by atoms with van der Waals surface area (Å²) in [4.78, 5) is 2.55. The molecule has 0 bridgehead atoms. The Hall–Kier alpha value is -1.06. The zero-order chi connectivity index (χ0) is 15.2. The van der Waals surface area contributed by atoms with E-state index in [0.717, 1.165) is 31.7 Å². The average Bonchev–Trinajstić information content (AvgIpc) is 2.67. The van der Waals surface area contributed by atoms with Crippen LogP contribution in [0.1, 0.15) is 58.1 Å². The summed E-state index contributed by atoms with van der Waals surface area (Å²) in [6.07, 6.45) is 4.61. The Morgan fingerprint density at radius 1 is 1.33 bits per heavy atom. The van der Waals surface area contributed by atoms with E-state index in [-0.39, 0.29) is 6.04 Å². The van der Waals surface area contributed by atoms with E-state index in [9.17, 15) is 0 Å². The van der Waals surface area contributed by atoms with Gasteiger partial charge in [-0.1, -0.05) is 25.5 Å². The maximum atomic E-state index is 6.51. The predicted molar refractivity (Wildman–Crippen MR) is 88.6 cm³/mol. The molecule has 1 aliphatic heterocycles. The van der Waals surface area contributed by atoms with Gasteiger partial charge >= 0.3 is 0 Å². The summed E-state index contributed by atoms with van der Waals surface area (Å²) in [6.45, 7) is 8.57. The van der Waals surface area contributed by atoms with E-state index in [4.69, 9.17) is 10.5 Å². The molecule has 1 aromatic rings. The summed E-state index contributed by atoms with van der Waals surface area (Å²) in [5.74, 6) is 0.967. The van der Waals surface area contributed by atoms with Crippen LogP contribution in [0, 0.1) is 0 Å². The zero-order valence-electron chi connectivity index (χ0n) is 13.7. The van der Waals surface area contributed by atoms with Crippen molar-refractivity contribution in [1.82, 2.24) is 4.90 Å². The molecule has 1 aliphatic rings. The number of benzene rings is 1. The van der Waals surface area contributed by atoms with E-state index >= 15 is 0 Å². The zero-order valence-corrected chi connectivity index (χ0v) is 13.7. The Balaban J connectivity index is 2.26. The van der Waals surface area contributed by atoms with Crippen LogP contribution in [0.4, 0.5) is 0 Å². The Morgan fingerprint density at radius 2 is 2.14 bits per heavy atom. The van der Waals surface area contributed by atoms with Crippen molar-refractivity contribution >= 4 is 0 Å². The summed E-state index contributed by atoms with van der Waals surface area (Å²) < 4.78 is 5.79. The lowest BCUT2D eigenvalue weighted by Gasteiger charge is -2.36. The van der Waals surface area contributed by atoms with Crippen LogP contribution >= 0.6 is 0 Å². The molecule has 21 heavy (non-hydrogen) atoms. The van der Waals surface area contributed by atoms with Crippen LogP contribution in [0.25, 0.3) is 0 Å². The van der Waals surface area contributed by atoms with Crippen molar-refractivity contribution < 1.29 is 4.74 Å². The van der Waals surface area contributed by atoms with Crippen LogP contribution in [0.5, 0.6) is 5.75 Å². The van der Waals surface area contributed by atoms with E-state index in [1.165, 1.54) is 18.4 Å². The van der Waals surface area contributed by atoms with Gasteiger partial charge in [0.1, 0.15) is 5.75 Å². The first-order valence-electron chi connectivity index (χ1n) is 8.37. The van der Waals surface area contributed by atoms with Gasteiger partial charge in [-0.2, -0.15) is 0 Å². The van der Waals surface area contributed by atoms with Gasteiger partial charge in [-0.3, -0.25) is 4.90 Å². The van der Waals surface area contributed by atoms with Crippen molar-refractivity contribution in [2.75, 3.05) is 13.2 Å². The van der Waals surface area contributed by atoms with E-state index in [0.29, 0.717) is 12.1 Å². The summed E-state index contributed by atoms with van der Waals surface area (Å²) in [5.41, 5.74) is 7.80. The first kappa shape index (κ1) is 16.3. The highest BCUT2D eigenvalue weighted by atomic mass is 16.5. The molecule has 2 unspecified atom stereocenters. The van der Waals surface area contributed by atoms with E-state index in [1.54, 1.807) is 0 Å². The Kier molecular flexibility index (Phi) is 6.07. The second kappa shape index (κ2) is 7.81. The molecule has 0 aromatic heterocycles. The maximum Gasteiger partial charge on any atom is 0.119 e. The molecule has 2 atom stereocenters. The van der Waals surface area contributed by atoms with Crippen LogP contribution in [0.3, 0.4) is 0 Å². The summed E-state index contributed by atoms with van der Waals surface area (Å²) in [6, 6.07) is 9.54. The highest BCUT2D eigenvalue weighted by Crippen LogP contribution is 2.32. The third-order valence-electron chi connectivity index (χ3n) is 4.30. The SMILES string of the molecule is CCCOc1cccc(C2C(N)CCCCN2C(C)C)c1. The lowest BCUT2D eigenvalue weighted by molar-refractivity contribution is 0.144. The molecule has 0 saturated carbocycles. The van der Waals surface area contributed by atoms with Crippen molar-refractivity contribution in [3.8, 4) is 5.75 Å². The number of hydrogen-bond donors (Lipinski definition) is 1. The average molecular weight is 290 g/mol. The molecular weight excluding hydrogens is 260 g/mol. The van der Waals surface area contributed by atoms with Gasteiger partial charge in [-0.15, -0.1) is 0 Å². The van der Waals surface area contributed by atoms with Crippen LogP contribution in [-0.2, 0) is 0 Å². The molecule has 1 fully saturated rings. The van der Waals surface area contributed by atoms with Crippen LogP contribution in [0.15, 0.2) is 24.3 Å². The van der Waals surface area contributed by atoms with Gasteiger partial charge in [0.25, 0.3) is 0 Å². The van der Waals surface area contributed by atoms with Gasteiger partial charge in [-0.05, 0) is 57.4 Å². The number of rotatable bonds is 5. The monoisotopic (exact) mass is 290 g/mol. The topological polar surface area (TPSA) is 38.5 Å². The minimum absolute atomic E-state index is 0.205. The fourth-order valence-electron chi connectivity index (χ4n) is 3.24. The molecule has 1 heterocycles. The molecule has 0 radical (unpaired) electrons. The van der Waals surface area contributed by atoms with Crippen molar-refractivity contribution in [3.05, 3.63) is 29.8 Å². The second-order valence-electron chi connectivity index (χ2n) is 6.36. The van der Waals surface area contributed by atoms with Crippen LogP contribution in [-0.4, -0.2) is 30.1 Å². The minimum atomic E-state index is 0.205. The number of ether oxygens (including phenoxy) is 1. The van der Waals surface area contributed by atoms with Gasteiger partial charge in [0, 0.05) is 12.1 Å². The standard InChI is InChI=1S/C18H30N2O/c1-4-12-21-16-9-7-8-15(13-16)18-17(19)10-5-6-11-20(18)14(2)3/h7-9,13-14,17-18H,4-6,10-12,19H2,1-3H3. The van der Waals surface area contributed by atoms with Gasteiger partial charge < -0.3 is 10.5 Å². The first-order valence-corrected chi connectivity index (χ1v) is 8.37. The number of nitrogens with two attached hydrogens (primary N) is 1. The summed E-state index contributed by atoms with van der Waals surface area (Å²) in [7, 11) is 0. The predicted octanol–water partition coefficient (Wildman–Crippen LogP) is 3.74. The normalized spacial score (nSPS) is 24.0. The Labute approximate surface area is 129 Å². The van der Waals surface area contributed by atoms with Gasteiger partial charge in [0.2, 0.25) is 0 Å². The molecule has 3 nitrogen and oxygen atoms in total. The molecule has 0 spiro atoms. The van der Waals surface area contributed by atoms with Crippen LogP contribution in [0.2, 0.25) is 0 Å². The highest BCUT2D eigenvalue weighted by molar-refractivity contribution is 5.31. The Morgan fingerprint density at radius 3 is 2.86 bits per heavy atom. The third kappa shape index (κ3) is 4.21. The molecular formula is C18H30N2O. The van der Waals surface area contributed by atoms with E-state index < -0.39 is 0 Å². The molecule has 3 heteroatoms. The summed E-state index contributed by atoms with van der Waals surface area (Å²) >= 11 is 0. The van der Waals surface area contributed by atoms with Gasteiger partial charge in [-0.25, -0.2) is 0 Å². The Bertz CT molecular complexity index is 433. The molecule has 2 N–H and O–H groups in total. The maximum absolute atomic E-state index is 6.51. The number of nitrogens with zero attached hydrogens (tertiary/aromatic N) is 1. The van der Waals surface area contributed by atoms with Crippen molar-refractivity contribution in [3.63, 3.8) is 0 Å². The smallest absolute Gasteiger partial charge is 0.119 e. The molecule has 0 aliphatic carbocycles. The quantitative estimate of drug-likeness (QED) is 0.898. The summed E-state index contributed by atoms with van der Waals surface area (Å²) in [5, 5.41) is 0. The molecule has 2 rings (SSSR count). The van der Waals surface area contributed by atoms with Gasteiger partial charge in [0.05, 0.1) is 12.6 Å². The third-order valence-corrected chi connectivity index (χ3v) is 4.30. The molecule has 1 aromatic carbocycles. The molecule has 1 saturated heterocycles.